The maximum absolute atomic E-state index is 12.1. The van der Waals surface area contributed by atoms with E-state index < -0.39 is 0 Å². The highest BCUT2D eigenvalue weighted by atomic mass is 35.5. The lowest BCUT2D eigenvalue weighted by atomic mass is 10.3. The molecule has 0 saturated heterocycles. The van der Waals surface area contributed by atoms with Crippen molar-refractivity contribution in [1.82, 2.24) is 4.98 Å². The van der Waals surface area contributed by atoms with Crippen molar-refractivity contribution in [2.45, 2.75) is 4.34 Å². The molecule has 6 nitrogen and oxygen atoms in total. The van der Waals surface area contributed by atoms with Crippen LogP contribution in [0.3, 0.4) is 0 Å². The number of thioether (sulfide) groups is 1. The van der Waals surface area contributed by atoms with Crippen molar-refractivity contribution in [2.75, 3.05) is 16.4 Å². The average Bonchev–Trinajstić information content (AvgIpc) is 3.37. The molecule has 0 saturated carbocycles. The zero-order valence-corrected chi connectivity index (χ0v) is 17.2. The SMILES string of the molecule is O=C(CSc1nc2ccc(NC(=O)c3ccco3)cc2s1)Nc1ccc(Cl)cc1. The highest BCUT2D eigenvalue weighted by molar-refractivity contribution is 8.01. The summed E-state index contributed by atoms with van der Waals surface area (Å²) in [6.45, 7) is 0. The summed E-state index contributed by atoms with van der Waals surface area (Å²) < 4.78 is 6.79. The van der Waals surface area contributed by atoms with Gasteiger partial charge in [0, 0.05) is 16.4 Å². The third-order valence-corrected chi connectivity index (χ3v) is 6.24. The number of carbonyl (C=O) groups is 2. The Labute approximate surface area is 179 Å². The predicted octanol–water partition coefficient (Wildman–Crippen LogP) is 5.53. The van der Waals surface area contributed by atoms with Crippen molar-refractivity contribution in [2.24, 2.45) is 0 Å². The molecule has 0 aliphatic carbocycles. The van der Waals surface area contributed by atoms with Crippen LogP contribution in [0.2, 0.25) is 5.02 Å². The van der Waals surface area contributed by atoms with Gasteiger partial charge >= 0.3 is 0 Å². The molecule has 2 N–H and O–H groups in total. The topological polar surface area (TPSA) is 84.2 Å². The van der Waals surface area contributed by atoms with Gasteiger partial charge in [0.05, 0.1) is 22.2 Å². The van der Waals surface area contributed by atoms with E-state index in [4.69, 9.17) is 16.0 Å². The van der Waals surface area contributed by atoms with Gasteiger partial charge in [0.25, 0.3) is 5.91 Å². The van der Waals surface area contributed by atoms with Crippen molar-refractivity contribution >= 4 is 68.1 Å². The molecular weight excluding hydrogens is 430 g/mol. The Kier molecular flexibility index (Phi) is 5.84. The van der Waals surface area contributed by atoms with E-state index in [2.05, 4.69) is 15.6 Å². The fourth-order valence-corrected chi connectivity index (χ4v) is 4.53. The summed E-state index contributed by atoms with van der Waals surface area (Å²) in [5.74, 6) is 0.0533. The summed E-state index contributed by atoms with van der Waals surface area (Å²) >= 11 is 8.67. The number of thiazole rings is 1. The molecule has 0 radical (unpaired) electrons. The van der Waals surface area contributed by atoms with E-state index in [0.29, 0.717) is 16.4 Å². The Morgan fingerprint density at radius 3 is 2.62 bits per heavy atom. The number of rotatable bonds is 6. The minimum Gasteiger partial charge on any atom is -0.459 e. The summed E-state index contributed by atoms with van der Waals surface area (Å²) in [6.07, 6.45) is 1.45. The minimum atomic E-state index is -0.313. The second-order valence-electron chi connectivity index (χ2n) is 5.94. The number of benzene rings is 2. The molecule has 4 aromatic rings. The zero-order valence-electron chi connectivity index (χ0n) is 14.8. The summed E-state index contributed by atoms with van der Waals surface area (Å²) in [5, 5.41) is 6.23. The molecule has 146 valence electrons. The van der Waals surface area contributed by atoms with Gasteiger partial charge in [0.1, 0.15) is 0 Å². The second-order valence-corrected chi connectivity index (χ2v) is 8.63. The van der Waals surface area contributed by atoms with Crippen LogP contribution in [0.25, 0.3) is 10.2 Å². The van der Waals surface area contributed by atoms with Gasteiger partial charge in [0.15, 0.2) is 10.1 Å². The molecule has 4 rings (SSSR count). The molecule has 0 fully saturated rings. The largest absolute Gasteiger partial charge is 0.459 e. The number of nitrogens with one attached hydrogen (secondary N) is 2. The lowest BCUT2D eigenvalue weighted by Gasteiger charge is -2.03. The summed E-state index contributed by atoms with van der Waals surface area (Å²) in [6, 6.07) is 15.7. The number of halogens is 1. The minimum absolute atomic E-state index is 0.122. The molecule has 2 heterocycles. The molecule has 29 heavy (non-hydrogen) atoms. The summed E-state index contributed by atoms with van der Waals surface area (Å²) in [5.41, 5.74) is 2.16. The van der Waals surface area contributed by atoms with Gasteiger partial charge in [-0.3, -0.25) is 9.59 Å². The van der Waals surface area contributed by atoms with Crippen molar-refractivity contribution in [1.29, 1.82) is 0 Å². The van der Waals surface area contributed by atoms with E-state index in [-0.39, 0.29) is 23.3 Å². The van der Waals surface area contributed by atoms with Crippen LogP contribution in [0.4, 0.5) is 11.4 Å². The molecule has 2 aromatic carbocycles. The standard InChI is InChI=1S/C20H14ClN3O3S2/c21-12-3-5-13(6-4-12)22-18(25)11-28-20-24-15-8-7-14(10-17(15)29-20)23-19(26)16-2-1-9-27-16/h1-10H,11H2,(H,22,25)(H,23,26). The van der Waals surface area contributed by atoms with Gasteiger partial charge in [-0.2, -0.15) is 0 Å². The first-order valence-electron chi connectivity index (χ1n) is 8.50. The van der Waals surface area contributed by atoms with Crippen LogP contribution in [0, 0.1) is 0 Å². The van der Waals surface area contributed by atoms with Crippen LogP contribution in [0.15, 0.2) is 69.6 Å². The summed E-state index contributed by atoms with van der Waals surface area (Å²) in [7, 11) is 0. The van der Waals surface area contributed by atoms with Crippen LogP contribution >= 0.6 is 34.7 Å². The van der Waals surface area contributed by atoms with E-state index >= 15 is 0 Å². The summed E-state index contributed by atoms with van der Waals surface area (Å²) in [4.78, 5) is 28.7. The number of aromatic nitrogens is 1. The van der Waals surface area contributed by atoms with Crippen LogP contribution in [-0.4, -0.2) is 22.6 Å². The molecule has 0 atom stereocenters. The number of furan rings is 1. The van der Waals surface area contributed by atoms with E-state index in [1.54, 1.807) is 42.5 Å². The lowest BCUT2D eigenvalue weighted by molar-refractivity contribution is -0.113. The number of hydrogen-bond donors (Lipinski definition) is 2. The third-order valence-electron chi connectivity index (χ3n) is 3.83. The van der Waals surface area contributed by atoms with Crippen molar-refractivity contribution < 1.29 is 14.0 Å². The number of hydrogen-bond acceptors (Lipinski definition) is 6. The van der Waals surface area contributed by atoms with Crippen LogP contribution in [0.1, 0.15) is 10.6 Å². The average molecular weight is 444 g/mol. The van der Waals surface area contributed by atoms with E-state index in [1.807, 2.05) is 12.1 Å². The van der Waals surface area contributed by atoms with Gasteiger partial charge in [-0.05, 0) is 54.6 Å². The first-order chi connectivity index (χ1) is 14.1. The molecule has 0 aliphatic heterocycles. The normalized spacial score (nSPS) is 10.8. The molecule has 0 bridgehead atoms. The fraction of sp³-hybridized carbons (Fsp3) is 0.0500. The number of fused-ring (bicyclic) bond motifs is 1. The Morgan fingerprint density at radius 2 is 1.86 bits per heavy atom. The van der Waals surface area contributed by atoms with E-state index in [1.165, 1.54) is 29.4 Å². The van der Waals surface area contributed by atoms with Crippen LogP contribution in [0.5, 0.6) is 0 Å². The molecular formula is C20H14ClN3O3S2. The number of nitrogens with zero attached hydrogens (tertiary/aromatic N) is 1. The van der Waals surface area contributed by atoms with Crippen LogP contribution < -0.4 is 10.6 Å². The Bertz CT molecular complexity index is 1160. The molecule has 2 aromatic heterocycles. The van der Waals surface area contributed by atoms with Crippen molar-refractivity contribution in [3.8, 4) is 0 Å². The van der Waals surface area contributed by atoms with Gasteiger partial charge in [-0.15, -0.1) is 11.3 Å². The van der Waals surface area contributed by atoms with Crippen molar-refractivity contribution in [3.05, 3.63) is 71.6 Å². The first kappa shape index (κ1) is 19.5. The van der Waals surface area contributed by atoms with Gasteiger partial charge in [0.2, 0.25) is 5.91 Å². The second kappa shape index (κ2) is 8.69. The Balaban J connectivity index is 1.37. The van der Waals surface area contributed by atoms with E-state index in [0.717, 1.165) is 14.6 Å². The maximum Gasteiger partial charge on any atom is 0.291 e. The van der Waals surface area contributed by atoms with Crippen LogP contribution in [-0.2, 0) is 4.79 Å². The molecule has 2 amide bonds. The monoisotopic (exact) mass is 443 g/mol. The van der Waals surface area contributed by atoms with Crippen molar-refractivity contribution in [3.63, 3.8) is 0 Å². The highest BCUT2D eigenvalue weighted by Crippen LogP contribution is 2.31. The first-order valence-corrected chi connectivity index (χ1v) is 10.7. The smallest absolute Gasteiger partial charge is 0.291 e. The number of amides is 2. The Morgan fingerprint density at radius 1 is 1.07 bits per heavy atom. The molecule has 0 unspecified atom stereocenters. The van der Waals surface area contributed by atoms with E-state index in [9.17, 15) is 9.59 Å². The van der Waals surface area contributed by atoms with Gasteiger partial charge in [-0.1, -0.05) is 23.4 Å². The number of anilines is 2. The maximum atomic E-state index is 12.1. The quantitative estimate of drug-likeness (QED) is 0.383. The molecule has 9 heteroatoms. The Hall–Kier alpha value is -2.81. The van der Waals surface area contributed by atoms with Gasteiger partial charge < -0.3 is 15.1 Å². The number of carbonyl (C=O) groups excluding carboxylic acids is 2. The zero-order chi connectivity index (χ0) is 20.2. The molecule has 0 aliphatic rings. The lowest BCUT2D eigenvalue weighted by Crippen LogP contribution is -2.13. The van der Waals surface area contributed by atoms with Gasteiger partial charge in [-0.25, -0.2) is 4.98 Å². The highest BCUT2D eigenvalue weighted by Gasteiger charge is 2.12. The predicted molar refractivity (Wildman–Crippen MR) is 117 cm³/mol. The molecule has 0 spiro atoms. The fourth-order valence-electron chi connectivity index (χ4n) is 2.50. The third kappa shape index (κ3) is 4.97.